The lowest BCUT2D eigenvalue weighted by atomic mass is 10.3. The summed E-state index contributed by atoms with van der Waals surface area (Å²) in [5.41, 5.74) is 0.350. The van der Waals surface area contributed by atoms with Gasteiger partial charge in [0, 0.05) is 17.4 Å². The van der Waals surface area contributed by atoms with E-state index in [1.807, 2.05) is 0 Å². The average molecular weight is 273 g/mol. The molecule has 2 rings (SSSR count). The lowest BCUT2D eigenvalue weighted by Gasteiger charge is -2.08. The topological polar surface area (TPSA) is 55.1 Å². The zero-order valence-corrected chi connectivity index (χ0v) is 10.1. The predicted octanol–water partition coefficient (Wildman–Crippen LogP) is 1.89. The quantitative estimate of drug-likeness (QED) is 0.852. The van der Waals surface area contributed by atoms with Crippen molar-refractivity contribution in [1.82, 2.24) is 10.5 Å². The van der Waals surface area contributed by atoms with Gasteiger partial charge in [-0.1, -0.05) is 21.1 Å². The Labute approximate surface area is 96.5 Å². The van der Waals surface area contributed by atoms with Gasteiger partial charge < -0.3 is 9.84 Å². The highest BCUT2D eigenvalue weighted by Gasteiger charge is 2.29. The molecule has 1 saturated carbocycles. The van der Waals surface area contributed by atoms with Gasteiger partial charge in [0.25, 0.3) is 5.91 Å². The van der Waals surface area contributed by atoms with Crippen molar-refractivity contribution >= 4 is 21.8 Å². The lowest BCUT2D eigenvalue weighted by molar-refractivity contribution is 0.0944. The number of carbonyl (C=O) groups excluding carboxylic acids is 1. The van der Waals surface area contributed by atoms with E-state index in [9.17, 15) is 4.79 Å². The molecule has 0 radical (unpaired) electrons. The molecular weight excluding hydrogens is 260 g/mol. The maximum absolute atomic E-state index is 11.6. The minimum atomic E-state index is -0.169. The largest absolute Gasteiger partial charge is 0.361 e. The van der Waals surface area contributed by atoms with Crippen LogP contribution in [0.4, 0.5) is 0 Å². The fourth-order valence-electron chi connectivity index (χ4n) is 1.38. The summed E-state index contributed by atoms with van der Waals surface area (Å²) in [4.78, 5) is 11.9. The summed E-state index contributed by atoms with van der Waals surface area (Å²) in [6, 6.07) is 1.63. The van der Waals surface area contributed by atoms with Crippen molar-refractivity contribution in [2.24, 2.45) is 5.92 Å². The van der Waals surface area contributed by atoms with Crippen molar-refractivity contribution in [3.8, 4) is 0 Å². The highest BCUT2D eigenvalue weighted by Crippen LogP contribution is 2.36. The first-order chi connectivity index (χ1) is 7.16. The second-order valence-electron chi connectivity index (χ2n) is 3.89. The van der Waals surface area contributed by atoms with Crippen LogP contribution in [0.25, 0.3) is 0 Å². The molecule has 1 fully saturated rings. The Morgan fingerprint density at radius 2 is 2.53 bits per heavy atom. The Hall–Kier alpha value is -0.840. The SMILES string of the molecule is Cc1cc(C(=O)NCC(Br)C2CC2)no1. The van der Waals surface area contributed by atoms with Crippen LogP contribution in [0.3, 0.4) is 0 Å². The van der Waals surface area contributed by atoms with Crippen LogP contribution >= 0.6 is 15.9 Å². The molecule has 1 aromatic heterocycles. The van der Waals surface area contributed by atoms with Gasteiger partial charge in [0.15, 0.2) is 5.69 Å². The smallest absolute Gasteiger partial charge is 0.273 e. The van der Waals surface area contributed by atoms with E-state index in [-0.39, 0.29) is 5.91 Å². The summed E-state index contributed by atoms with van der Waals surface area (Å²) in [6.07, 6.45) is 2.52. The van der Waals surface area contributed by atoms with E-state index in [0.29, 0.717) is 22.8 Å². The number of rotatable bonds is 4. The van der Waals surface area contributed by atoms with E-state index in [0.717, 1.165) is 5.92 Å². The van der Waals surface area contributed by atoms with Gasteiger partial charge in [-0.3, -0.25) is 4.79 Å². The van der Waals surface area contributed by atoms with E-state index in [1.165, 1.54) is 12.8 Å². The summed E-state index contributed by atoms with van der Waals surface area (Å²) >= 11 is 3.55. The lowest BCUT2D eigenvalue weighted by Crippen LogP contribution is -2.30. The summed E-state index contributed by atoms with van der Waals surface area (Å²) in [5.74, 6) is 1.21. The Balaban J connectivity index is 1.81. The molecule has 82 valence electrons. The zero-order chi connectivity index (χ0) is 10.8. The van der Waals surface area contributed by atoms with Gasteiger partial charge in [-0.25, -0.2) is 0 Å². The summed E-state index contributed by atoms with van der Waals surface area (Å²) in [7, 11) is 0. The number of alkyl halides is 1. The summed E-state index contributed by atoms with van der Waals surface area (Å²) in [6.45, 7) is 2.41. The Bertz CT molecular complexity index is 360. The predicted molar refractivity (Wildman–Crippen MR) is 59.0 cm³/mol. The number of aromatic nitrogens is 1. The Morgan fingerprint density at radius 3 is 3.07 bits per heavy atom. The minimum absolute atomic E-state index is 0.169. The van der Waals surface area contributed by atoms with E-state index in [1.54, 1.807) is 13.0 Å². The second kappa shape index (κ2) is 4.35. The van der Waals surface area contributed by atoms with Crippen LogP contribution in [0.15, 0.2) is 10.6 Å². The van der Waals surface area contributed by atoms with Crippen molar-refractivity contribution in [3.63, 3.8) is 0 Å². The number of hydrogen-bond acceptors (Lipinski definition) is 3. The van der Waals surface area contributed by atoms with Gasteiger partial charge in [0.05, 0.1) is 0 Å². The normalized spacial score (nSPS) is 17.5. The number of hydrogen-bond donors (Lipinski definition) is 1. The molecule has 5 heteroatoms. The van der Waals surface area contributed by atoms with Crippen molar-refractivity contribution in [2.45, 2.75) is 24.6 Å². The molecular formula is C10H13BrN2O2. The van der Waals surface area contributed by atoms with Crippen LogP contribution in [0, 0.1) is 12.8 Å². The average Bonchev–Trinajstić information content (AvgIpc) is 2.97. The monoisotopic (exact) mass is 272 g/mol. The molecule has 1 amide bonds. The van der Waals surface area contributed by atoms with Crippen LogP contribution in [0.5, 0.6) is 0 Å². The molecule has 0 spiro atoms. The molecule has 0 bridgehead atoms. The molecule has 0 saturated heterocycles. The van der Waals surface area contributed by atoms with Gasteiger partial charge in [0.2, 0.25) is 0 Å². The third-order valence-electron chi connectivity index (χ3n) is 2.45. The fourth-order valence-corrected chi connectivity index (χ4v) is 2.07. The maximum atomic E-state index is 11.6. The first kappa shape index (κ1) is 10.7. The van der Waals surface area contributed by atoms with Crippen LogP contribution < -0.4 is 5.32 Å². The molecule has 1 aromatic rings. The van der Waals surface area contributed by atoms with Crippen molar-refractivity contribution < 1.29 is 9.32 Å². The molecule has 1 aliphatic carbocycles. The molecule has 0 aliphatic heterocycles. The van der Waals surface area contributed by atoms with Crippen LogP contribution in [0.2, 0.25) is 0 Å². The van der Waals surface area contributed by atoms with Gasteiger partial charge in [-0.15, -0.1) is 0 Å². The molecule has 1 heterocycles. The van der Waals surface area contributed by atoms with Gasteiger partial charge >= 0.3 is 0 Å². The van der Waals surface area contributed by atoms with E-state index >= 15 is 0 Å². The molecule has 1 atom stereocenters. The minimum Gasteiger partial charge on any atom is -0.361 e. The van der Waals surface area contributed by atoms with E-state index in [2.05, 4.69) is 26.4 Å². The summed E-state index contributed by atoms with van der Waals surface area (Å²) in [5, 5.41) is 6.48. The van der Waals surface area contributed by atoms with Crippen molar-refractivity contribution in [3.05, 3.63) is 17.5 Å². The Kier molecular flexibility index (Phi) is 3.09. The number of halogens is 1. The number of aryl methyl sites for hydroxylation is 1. The van der Waals surface area contributed by atoms with Crippen LogP contribution in [0.1, 0.15) is 29.1 Å². The third-order valence-corrected chi connectivity index (χ3v) is 3.52. The first-order valence-corrected chi connectivity index (χ1v) is 5.94. The van der Waals surface area contributed by atoms with Crippen molar-refractivity contribution in [2.75, 3.05) is 6.54 Å². The fraction of sp³-hybridized carbons (Fsp3) is 0.600. The number of nitrogens with one attached hydrogen (secondary N) is 1. The molecule has 0 aromatic carbocycles. The third kappa shape index (κ3) is 2.81. The molecule has 15 heavy (non-hydrogen) atoms. The van der Waals surface area contributed by atoms with Crippen molar-refractivity contribution in [1.29, 1.82) is 0 Å². The second-order valence-corrected chi connectivity index (χ2v) is 5.06. The Morgan fingerprint density at radius 1 is 1.80 bits per heavy atom. The van der Waals surface area contributed by atoms with E-state index < -0.39 is 0 Å². The first-order valence-electron chi connectivity index (χ1n) is 5.02. The highest BCUT2D eigenvalue weighted by molar-refractivity contribution is 9.09. The van der Waals surface area contributed by atoms with Gasteiger partial charge in [0.1, 0.15) is 5.76 Å². The number of amides is 1. The standard InChI is InChI=1S/C10H13BrN2O2/c1-6-4-9(13-15-6)10(14)12-5-8(11)7-2-3-7/h4,7-8H,2-3,5H2,1H3,(H,12,14). The molecule has 1 N–H and O–H groups in total. The maximum Gasteiger partial charge on any atom is 0.273 e. The van der Waals surface area contributed by atoms with E-state index in [4.69, 9.17) is 4.52 Å². The highest BCUT2D eigenvalue weighted by atomic mass is 79.9. The molecule has 4 nitrogen and oxygen atoms in total. The zero-order valence-electron chi connectivity index (χ0n) is 8.50. The summed E-state index contributed by atoms with van der Waals surface area (Å²) < 4.78 is 4.83. The number of nitrogens with zero attached hydrogens (tertiary/aromatic N) is 1. The van der Waals surface area contributed by atoms with Crippen LogP contribution in [-0.4, -0.2) is 22.4 Å². The van der Waals surface area contributed by atoms with Gasteiger partial charge in [-0.2, -0.15) is 0 Å². The number of carbonyl (C=O) groups is 1. The van der Waals surface area contributed by atoms with Gasteiger partial charge in [-0.05, 0) is 25.7 Å². The molecule has 1 aliphatic rings. The van der Waals surface area contributed by atoms with Crippen LogP contribution in [-0.2, 0) is 0 Å². The molecule has 1 unspecified atom stereocenters.